The molecule has 1 fully saturated rings. The van der Waals surface area contributed by atoms with E-state index in [1.54, 1.807) is 0 Å². The third-order valence-corrected chi connectivity index (χ3v) is 4.74. The van der Waals surface area contributed by atoms with Gasteiger partial charge in [-0.25, -0.2) is 0 Å². The Kier molecular flexibility index (Phi) is 6.48. The molecule has 0 unspecified atom stereocenters. The van der Waals surface area contributed by atoms with E-state index in [-0.39, 0.29) is 12.4 Å². The van der Waals surface area contributed by atoms with Crippen molar-refractivity contribution in [2.24, 2.45) is 0 Å². The number of rotatable bonds is 4. The van der Waals surface area contributed by atoms with Crippen LogP contribution in [-0.2, 0) is 13.1 Å². The van der Waals surface area contributed by atoms with E-state index in [2.05, 4.69) is 60.7 Å². The van der Waals surface area contributed by atoms with Crippen LogP contribution in [0.4, 0.5) is 0 Å². The molecule has 0 aliphatic carbocycles. The summed E-state index contributed by atoms with van der Waals surface area (Å²) in [6.07, 6.45) is 5.56. The third kappa shape index (κ3) is 4.59. The van der Waals surface area contributed by atoms with E-state index < -0.39 is 0 Å². The summed E-state index contributed by atoms with van der Waals surface area (Å²) >= 11 is 0. The average molecular weight is 316 g/mol. The molecule has 22 heavy (non-hydrogen) atoms. The van der Waals surface area contributed by atoms with Crippen molar-refractivity contribution < 1.29 is 16.9 Å². The zero-order valence-corrected chi connectivity index (χ0v) is 14.0. The van der Waals surface area contributed by atoms with Crippen molar-refractivity contribution in [3.05, 3.63) is 71.8 Å². The Balaban J connectivity index is 0.00000176. The maximum atomic E-state index is 2.29. The van der Waals surface area contributed by atoms with Gasteiger partial charge in [0.15, 0.2) is 0 Å². The van der Waals surface area contributed by atoms with E-state index >= 15 is 0 Å². The van der Waals surface area contributed by atoms with Gasteiger partial charge in [-0.2, -0.15) is 0 Å². The van der Waals surface area contributed by atoms with E-state index in [0.29, 0.717) is 0 Å². The van der Waals surface area contributed by atoms with Crippen LogP contribution in [0.2, 0.25) is 0 Å². The summed E-state index contributed by atoms with van der Waals surface area (Å²) in [4.78, 5) is 0. The van der Waals surface area contributed by atoms with Crippen LogP contribution in [0.3, 0.4) is 0 Å². The molecule has 3 rings (SSSR count). The van der Waals surface area contributed by atoms with Gasteiger partial charge in [0.05, 0.1) is 13.1 Å². The predicted octanol–water partition coefficient (Wildman–Crippen LogP) is 1.78. The summed E-state index contributed by atoms with van der Waals surface area (Å²) in [6, 6.07) is 22.1. The quantitative estimate of drug-likeness (QED) is 0.755. The molecule has 1 aliphatic rings. The second kappa shape index (κ2) is 8.36. The Labute approximate surface area is 141 Å². The molecule has 1 aliphatic heterocycles. The summed E-state index contributed by atoms with van der Waals surface area (Å²) in [5.74, 6) is 0. The van der Waals surface area contributed by atoms with E-state index in [9.17, 15) is 0 Å². The van der Waals surface area contributed by atoms with Gasteiger partial charge in [-0.1, -0.05) is 60.7 Å². The zero-order valence-electron chi connectivity index (χ0n) is 13.3. The molecular weight excluding hydrogens is 290 g/mol. The van der Waals surface area contributed by atoms with Gasteiger partial charge in [0.25, 0.3) is 0 Å². The minimum Gasteiger partial charge on any atom is -1.00 e. The summed E-state index contributed by atoms with van der Waals surface area (Å²) in [6.45, 7) is 5.00. The topological polar surface area (TPSA) is 0 Å². The number of halogens is 1. The third-order valence-electron chi connectivity index (χ3n) is 4.74. The average Bonchev–Trinajstić information content (AvgIpc) is 2.75. The number of benzene rings is 2. The van der Waals surface area contributed by atoms with Crippen LogP contribution in [0.25, 0.3) is 0 Å². The summed E-state index contributed by atoms with van der Waals surface area (Å²) in [5.41, 5.74) is 2.96. The normalized spacial score (nSPS) is 17.3. The largest absolute Gasteiger partial charge is 1.00 e. The highest BCUT2D eigenvalue weighted by Crippen LogP contribution is 2.25. The lowest BCUT2D eigenvalue weighted by Gasteiger charge is -2.38. The molecule has 0 spiro atoms. The van der Waals surface area contributed by atoms with Gasteiger partial charge in [-0.15, -0.1) is 0 Å². The van der Waals surface area contributed by atoms with Crippen molar-refractivity contribution in [1.29, 1.82) is 0 Å². The number of hydrogen-bond acceptors (Lipinski definition) is 0. The van der Waals surface area contributed by atoms with E-state index in [1.807, 2.05) is 0 Å². The highest BCUT2D eigenvalue weighted by Gasteiger charge is 2.29. The number of nitrogens with zero attached hydrogens (tertiary/aromatic N) is 1. The molecule has 0 N–H and O–H groups in total. The highest BCUT2D eigenvalue weighted by atomic mass is 35.5. The molecule has 1 nitrogen and oxygen atoms in total. The monoisotopic (exact) mass is 315 g/mol. The second-order valence-electron chi connectivity index (χ2n) is 6.49. The van der Waals surface area contributed by atoms with Crippen LogP contribution in [0.5, 0.6) is 0 Å². The number of hydrogen-bond donors (Lipinski definition) is 0. The maximum Gasteiger partial charge on any atom is 0.105 e. The maximum absolute atomic E-state index is 2.29. The first-order valence-electron chi connectivity index (χ1n) is 8.29. The van der Waals surface area contributed by atoms with Crippen LogP contribution in [0, 0.1) is 0 Å². The van der Waals surface area contributed by atoms with Crippen LogP contribution in [-0.4, -0.2) is 17.6 Å². The van der Waals surface area contributed by atoms with Gasteiger partial charge >= 0.3 is 0 Å². The summed E-state index contributed by atoms with van der Waals surface area (Å²) in [7, 11) is 0. The summed E-state index contributed by atoms with van der Waals surface area (Å²) < 4.78 is 1.23. The molecule has 2 aromatic carbocycles. The molecule has 0 aromatic heterocycles. The van der Waals surface area contributed by atoms with Crippen LogP contribution in [0.15, 0.2) is 60.7 Å². The molecule has 2 heteroatoms. The Hall–Kier alpha value is -1.31. The van der Waals surface area contributed by atoms with E-state index in [0.717, 1.165) is 0 Å². The van der Waals surface area contributed by atoms with Crippen molar-refractivity contribution in [2.75, 3.05) is 13.1 Å². The lowest BCUT2D eigenvalue weighted by molar-refractivity contribution is -0.952. The highest BCUT2D eigenvalue weighted by molar-refractivity contribution is 5.15. The fourth-order valence-corrected chi connectivity index (χ4v) is 3.67. The Morgan fingerprint density at radius 3 is 1.41 bits per heavy atom. The van der Waals surface area contributed by atoms with Gasteiger partial charge in [0.1, 0.15) is 13.1 Å². The van der Waals surface area contributed by atoms with Gasteiger partial charge in [0, 0.05) is 11.1 Å². The first-order chi connectivity index (χ1) is 10.4. The molecule has 1 heterocycles. The molecular formula is C20H26ClN. The van der Waals surface area contributed by atoms with Crippen molar-refractivity contribution in [3.8, 4) is 0 Å². The standard InChI is InChI=1S/C20H26N.ClH/c1-2-10-16-21(15-9-1,17-19-11-5-3-6-12-19)18-20-13-7-4-8-14-20;/h3-8,11-14H,1-2,9-10,15-18H2;1H/q+1;/p-1. The van der Waals surface area contributed by atoms with Crippen molar-refractivity contribution in [3.63, 3.8) is 0 Å². The molecule has 0 saturated carbocycles. The fraction of sp³-hybridized carbons (Fsp3) is 0.400. The van der Waals surface area contributed by atoms with E-state index in [4.69, 9.17) is 0 Å². The first-order valence-corrected chi connectivity index (χ1v) is 8.29. The van der Waals surface area contributed by atoms with Crippen molar-refractivity contribution in [1.82, 2.24) is 0 Å². The van der Waals surface area contributed by atoms with Gasteiger partial charge in [-0.05, 0) is 25.7 Å². The lowest BCUT2D eigenvalue weighted by Crippen LogP contribution is -3.00. The predicted molar refractivity (Wildman–Crippen MR) is 88.8 cm³/mol. The lowest BCUT2D eigenvalue weighted by atomic mass is 10.1. The molecule has 0 radical (unpaired) electrons. The number of likely N-dealkylation sites (tertiary alicyclic amines) is 1. The van der Waals surface area contributed by atoms with Gasteiger partial charge < -0.3 is 16.9 Å². The van der Waals surface area contributed by atoms with Crippen molar-refractivity contribution in [2.45, 2.75) is 38.8 Å². The van der Waals surface area contributed by atoms with Crippen LogP contribution >= 0.6 is 0 Å². The molecule has 0 bridgehead atoms. The molecule has 0 atom stereocenters. The first kappa shape index (κ1) is 17.1. The minimum absolute atomic E-state index is 0. The van der Waals surface area contributed by atoms with Crippen molar-refractivity contribution >= 4 is 0 Å². The van der Waals surface area contributed by atoms with E-state index in [1.165, 1.54) is 67.5 Å². The molecule has 2 aromatic rings. The Morgan fingerprint density at radius 1 is 0.591 bits per heavy atom. The van der Waals surface area contributed by atoms with Crippen LogP contribution < -0.4 is 12.4 Å². The molecule has 0 amide bonds. The fourth-order valence-electron chi connectivity index (χ4n) is 3.67. The molecule has 118 valence electrons. The Bertz CT molecular complexity index is 487. The Morgan fingerprint density at radius 2 is 1.00 bits per heavy atom. The SMILES string of the molecule is [Cl-].c1ccc(C[N+]2(Cc3ccccc3)CCCCCC2)cc1. The minimum atomic E-state index is 0. The van der Waals surface area contributed by atoms with Gasteiger partial charge in [0.2, 0.25) is 0 Å². The molecule has 1 saturated heterocycles. The van der Waals surface area contributed by atoms with Gasteiger partial charge in [-0.3, -0.25) is 0 Å². The smallest absolute Gasteiger partial charge is 0.105 e. The summed E-state index contributed by atoms with van der Waals surface area (Å²) in [5, 5.41) is 0. The van der Waals surface area contributed by atoms with Crippen LogP contribution in [0.1, 0.15) is 36.8 Å². The zero-order chi connectivity index (χ0) is 14.4. The number of quaternary nitrogens is 1. The second-order valence-corrected chi connectivity index (χ2v) is 6.49.